The van der Waals surface area contributed by atoms with E-state index in [1.54, 1.807) is 7.11 Å². The van der Waals surface area contributed by atoms with Crippen molar-refractivity contribution >= 4 is 17.7 Å². The number of hydrogen-bond donors (Lipinski definition) is 0. The highest BCUT2D eigenvalue weighted by Gasteiger charge is 2.51. The highest BCUT2D eigenvalue weighted by atomic mass is 16.5. The first kappa shape index (κ1) is 19.5. The van der Waals surface area contributed by atoms with E-state index in [1.165, 1.54) is 12.7 Å². The molecular weight excluding hydrogens is 334 g/mol. The quantitative estimate of drug-likeness (QED) is 0.600. The number of methoxy groups -OCH3 is 1. The molecule has 3 nitrogen and oxygen atoms in total. The van der Waals surface area contributed by atoms with Crippen molar-refractivity contribution in [1.82, 2.24) is 0 Å². The minimum absolute atomic E-state index is 0.0358. The Kier molecular flexibility index (Phi) is 5.59. The summed E-state index contributed by atoms with van der Waals surface area (Å²) >= 11 is 0. The lowest BCUT2D eigenvalue weighted by molar-refractivity contribution is -0.130. The molecule has 0 bridgehead atoms. The number of nitrogens with zero attached hydrogens (tertiary/aromatic N) is 1. The predicted molar refractivity (Wildman–Crippen MR) is 112 cm³/mol. The molecule has 2 unspecified atom stereocenters. The number of hydrogen-bond acceptors (Lipinski definition) is 3. The summed E-state index contributed by atoms with van der Waals surface area (Å²) in [6.45, 7) is 7.44. The standard InChI is InChI=1S/C24H31NO2/c1-19-9-8-16-23(2,3)24(19,18-26)17-25(20-10-6-5-7-11-20)21-12-14-22(27-4)15-13-21/h5-7,10-15,18-19H,8-9,16-17H2,1-4H3. The molecule has 2 aromatic carbocycles. The molecule has 1 aliphatic carbocycles. The Labute approximate surface area is 163 Å². The Morgan fingerprint density at radius 3 is 2.26 bits per heavy atom. The SMILES string of the molecule is COc1ccc(N(CC2(C=O)C(C)CCCC2(C)C)c2ccccc2)cc1. The summed E-state index contributed by atoms with van der Waals surface area (Å²) in [6.07, 6.45) is 4.63. The third-order valence-electron chi connectivity index (χ3n) is 6.66. The van der Waals surface area contributed by atoms with Gasteiger partial charge in [-0.15, -0.1) is 0 Å². The number of para-hydroxylation sites is 1. The Morgan fingerprint density at radius 1 is 1.07 bits per heavy atom. The smallest absolute Gasteiger partial charge is 0.128 e. The number of carbonyl (C=O) groups excluding carboxylic acids is 1. The second kappa shape index (κ2) is 7.75. The van der Waals surface area contributed by atoms with E-state index in [-0.39, 0.29) is 10.8 Å². The second-order valence-corrected chi connectivity index (χ2v) is 8.46. The highest BCUT2D eigenvalue weighted by Crippen LogP contribution is 2.53. The lowest BCUT2D eigenvalue weighted by Crippen LogP contribution is -2.53. The van der Waals surface area contributed by atoms with Crippen LogP contribution < -0.4 is 9.64 Å². The maximum atomic E-state index is 12.6. The van der Waals surface area contributed by atoms with Gasteiger partial charge in [0.25, 0.3) is 0 Å². The lowest BCUT2D eigenvalue weighted by atomic mass is 9.53. The number of carbonyl (C=O) groups is 1. The fourth-order valence-corrected chi connectivity index (χ4v) is 4.65. The number of aldehydes is 1. The van der Waals surface area contributed by atoms with Crippen LogP contribution in [0, 0.1) is 16.7 Å². The zero-order valence-corrected chi connectivity index (χ0v) is 16.9. The largest absolute Gasteiger partial charge is 0.497 e. The van der Waals surface area contributed by atoms with E-state index in [0.717, 1.165) is 30.0 Å². The third-order valence-corrected chi connectivity index (χ3v) is 6.66. The zero-order valence-electron chi connectivity index (χ0n) is 16.9. The van der Waals surface area contributed by atoms with Crippen LogP contribution in [0.2, 0.25) is 0 Å². The van der Waals surface area contributed by atoms with Crippen LogP contribution in [-0.2, 0) is 4.79 Å². The average molecular weight is 366 g/mol. The minimum atomic E-state index is -0.388. The van der Waals surface area contributed by atoms with E-state index in [0.29, 0.717) is 12.5 Å². The van der Waals surface area contributed by atoms with Gasteiger partial charge in [0.05, 0.1) is 12.5 Å². The van der Waals surface area contributed by atoms with Gasteiger partial charge in [0, 0.05) is 17.9 Å². The molecule has 3 heteroatoms. The van der Waals surface area contributed by atoms with Crippen molar-refractivity contribution in [2.24, 2.45) is 16.7 Å². The molecule has 27 heavy (non-hydrogen) atoms. The van der Waals surface area contributed by atoms with Gasteiger partial charge >= 0.3 is 0 Å². The average Bonchev–Trinajstić information content (AvgIpc) is 2.69. The van der Waals surface area contributed by atoms with Gasteiger partial charge in [0.2, 0.25) is 0 Å². The number of rotatable bonds is 6. The highest BCUT2D eigenvalue weighted by molar-refractivity contribution is 5.69. The van der Waals surface area contributed by atoms with Crippen LogP contribution in [0.1, 0.15) is 40.0 Å². The molecule has 0 spiro atoms. The summed E-state index contributed by atoms with van der Waals surface area (Å²) in [6, 6.07) is 18.5. The molecule has 0 radical (unpaired) electrons. The molecule has 1 aliphatic rings. The Bertz CT molecular complexity index is 754. The fourth-order valence-electron chi connectivity index (χ4n) is 4.65. The van der Waals surface area contributed by atoms with E-state index in [1.807, 2.05) is 18.2 Å². The zero-order chi connectivity index (χ0) is 19.5. The normalized spacial score (nSPS) is 24.2. The van der Waals surface area contributed by atoms with E-state index < -0.39 is 0 Å². The molecule has 0 aromatic heterocycles. The molecule has 0 heterocycles. The summed E-state index contributed by atoms with van der Waals surface area (Å²) in [5.74, 6) is 1.19. The van der Waals surface area contributed by atoms with E-state index in [9.17, 15) is 4.79 Å². The first-order valence-electron chi connectivity index (χ1n) is 9.86. The van der Waals surface area contributed by atoms with E-state index >= 15 is 0 Å². The molecule has 0 aliphatic heterocycles. The fraction of sp³-hybridized carbons (Fsp3) is 0.458. The van der Waals surface area contributed by atoms with Crippen molar-refractivity contribution in [3.63, 3.8) is 0 Å². The van der Waals surface area contributed by atoms with Gasteiger partial charge in [0.1, 0.15) is 12.0 Å². The molecule has 0 N–H and O–H groups in total. The minimum Gasteiger partial charge on any atom is -0.497 e. The van der Waals surface area contributed by atoms with Crippen molar-refractivity contribution in [3.8, 4) is 5.75 Å². The van der Waals surface area contributed by atoms with Crippen molar-refractivity contribution < 1.29 is 9.53 Å². The number of benzene rings is 2. The second-order valence-electron chi connectivity index (χ2n) is 8.46. The Balaban J connectivity index is 2.05. The van der Waals surface area contributed by atoms with Crippen molar-refractivity contribution in [2.75, 3.05) is 18.6 Å². The van der Waals surface area contributed by atoms with E-state index in [2.05, 4.69) is 62.1 Å². The summed E-state index contributed by atoms with van der Waals surface area (Å²) in [5.41, 5.74) is 1.77. The summed E-state index contributed by atoms with van der Waals surface area (Å²) < 4.78 is 5.32. The van der Waals surface area contributed by atoms with Crippen LogP contribution in [0.4, 0.5) is 11.4 Å². The van der Waals surface area contributed by atoms with Gasteiger partial charge in [0.15, 0.2) is 0 Å². The van der Waals surface area contributed by atoms with Gasteiger partial charge in [-0.05, 0) is 60.6 Å². The molecular formula is C24H31NO2. The molecule has 1 saturated carbocycles. The van der Waals surface area contributed by atoms with Gasteiger partial charge in [-0.25, -0.2) is 0 Å². The van der Waals surface area contributed by atoms with Crippen LogP contribution in [-0.4, -0.2) is 19.9 Å². The van der Waals surface area contributed by atoms with Crippen LogP contribution in [0.3, 0.4) is 0 Å². The number of anilines is 2. The Morgan fingerprint density at radius 2 is 1.70 bits per heavy atom. The van der Waals surface area contributed by atoms with E-state index in [4.69, 9.17) is 4.74 Å². The van der Waals surface area contributed by atoms with Crippen molar-refractivity contribution in [3.05, 3.63) is 54.6 Å². The van der Waals surface area contributed by atoms with Crippen molar-refractivity contribution in [2.45, 2.75) is 40.0 Å². The molecule has 0 saturated heterocycles. The summed E-state index contributed by atoms with van der Waals surface area (Å²) in [7, 11) is 1.68. The lowest BCUT2D eigenvalue weighted by Gasteiger charge is -2.52. The third kappa shape index (κ3) is 3.60. The van der Waals surface area contributed by atoms with Crippen LogP contribution in [0.25, 0.3) is 0 Å². The molecule has 3 rings (SSSR count). The van der Waals surface area contributed by atoms with Gasteiger partial charge in [-0.1, -0.05) is 45.4 Å². The van der Waals surface area contributed by atoms with Gasteiger partial charge in [-0.2, -0.15) is 0 Å². The molecule has 1 fully saturated rings. The summed E-state index contributed by atoms with van der Waals surface area (Å²) in [4.78, 5) is 14.8. The first-order valence-corrected chi connectivity index (χ1v) is 9.86. The maximum absolute atomic E-state index is 12.6. The first-order chi connectivity index (χ1) is 12.9. The summed E-state index contributed by atoms with van der Waals surface area (Å²) in [5, 5.41) is 0. The molecule has 2 atom stereocenters. The van der Waals surface area contributed by atoms with Crippen LogP contribution >= 0.6 is 0 Å². The number of ether oxygens (including phenoxy) is 1. The van der Waals surface area contributed by atoms with Gasteiger partial charge in [-0.3, -0.25) is 0 Å². The molecule has 144 valence electrons. The van der Waals surface area contributed by atoms with Crippen molar-refractivity contribution in [1.29, 1.82) is 0 Å². The molecule has 2 aromatic rings. The topological polar surface area (TPSA) is 29.5 Å². The van der Waals surface area contributed by atoms with Crippen LogP contribution in [0.15, 0.2) is 54.6 Å². The predicted octanol–water partition coefficient (Wildman–Crippen LogP) is 5.86. The monoisotopic (exact) mass is 365 g/mol. The Hall–Kier alpha value is -2.29. The van der Waals surface area contributed by atoms with Gasteiger partial charge < -0.3 is 14.4 Å². The van der Waals surface area contributed by atoms with Crippen LogP contribution in [0.5, 0.6) is 5.75 Å². The maximum Gasteiger partial charge on any atom is 0.128 e. The molecule has 0 amide bonds.